The van der Waals surface area contributed by atoms with Crippen molar-refractivity contribution in [2.45, 2.75) is 0 Å². The van der Waals surface area contributed by atoms with Crippen molar-refractivity contribution in [3.63, 3.8) is 0 Å². The number of nitrogens with zero attached hydrogens (tertiary/aromatic N) is 1. The zero-order chi connectivity index (χ0) is 15.8. The largest absolute Gasteiger partial charge is 0.497 e. The van der Waals surface area contributed by atoms with E-state index < -0.39 is 6.09 Å². The highest BCUT2D eigenvalue weighted by Gasteiger charge is 2.04. The molecule has 0 aliphatic carbocycles. The van der Waals surface area contributed by atoms with Crippen LogP contribution in [0, 0.1) is 0 Å². The van der Waals surface area contributed by atoms with Gasteiger partial charge in [0.1, 0.15) is 11.5 Å². The van der Waals surface area contributed by atoms with Crippen LogP contribution in [0.3, 0.4) is 0 Å². The first-order chi connectivity index (χ1) is 10.7. The molecule has 1 N–H and O–H groups in total. The highest BCUT2D eigenvalue weighted by Crippen LogP contribution is 2.22. The summed E-state index contributed by atoms with van der Waals surface area (Å²) < 4.78 is 10.3. The Morgan fingerprint density at radius 3 is 2.55 bits per heavy atom. The van der Waals surface area contributed by atoms with E-state index in [4.69, 9.17) is 14.3 Å². The van der Waals surface area contributed by atoms with Crippen LogP contribution < -0.4 is 14.8 Å². The number of carbonyl (C=O) groups is 1. The molecule has 2 aromatic rings. The third-order valence-electron chi connectivity index (χ3n) is 2.78. The zero-order valence-corrected chi connectivity index (χ0v) is 12.3. The average Bonchev–Trinajstić information content (AvgIpc) is 2.55. The van der Waals surface area contributed by atoms with Gasteiger partial charge >= 0.3 is 6.09 Å². The minimum Gasteiger partial charge on any atom is -0.497 e. The van der Waals surface area contributed by atoms with Crippen molar-refractivity contribution in [2.75, 3.05) is 19.5 Å². The van der Waals surface area contributed by atoms with Gasteiger partial charge in [0.15, 0.2) is 0 Å². The maximum absolute atomic E-state index is 11.6. The molecule has 0 fully saturated rings. The van der Waals surface area contributed by atoms with Crippen LogP contribution in [-0.4, -0.2) is 26.5 Å². The molecule has 0 unspecified atom stereocenters. The number of ether oxygens (including phenoxy) is 2. The van der Waals surface area contributed by atoms with Gasteiger partial charge in [0, 0.05) is 11.3 Å². The van der Waals surface area contributed by atoms with Crippen molar-refractivity contribution in [2.24, 2.45) is 5.16 Å². The quantitative estimate of drug-likeness (QED) is 0.522. The van der Waals surface area contributed by atoms with Gasteiger partial charge in [-0.05, 0) is 30.3 Å². The second-order valence-electron chi connectivity index (χ2n) is 4.21. The van der Waals surface area contributed by atoms with Gasteiger partial charge in [-0.2, -0.15) is 0 Å². The number of hydrogen-bond donors (Lipinski definition) is 1. The normalized spacial score (nSPS) is 10.3. The number of anilines is 1. The molecule has 0 atom stereocenters. The third kappa shape index (κ3) is 4.24. The van der Waals surface area contributed by atoms with E-state index >= 15 is 0 Å². The summed E-state index contributed by atoms with van der Waals surface area (Å²) in [6.45, 7) is 0. The summed E-state index contributed by atoms with van der Waals surface area (Å²) in [4.78, 5) is 16.3. The summed E-state index contributed by atoms with van der Waals surface area (Å²) in [6, 6.07) is 14.2. The number of carbonyl (C=O) groups excluding carboxylic acids is 1. The van der Waals surface area contributed by atoms with Gasteiger partial charge in [-0.1, -0.05) is 23.4 Å². The highest BCUT2D eigenvalue weighted by molar-refractivity contribution is 5.87. The van der Waals surface area contributed by atoms with E-state index in [0.717, 1.165) is 0 Å². The first kappa shape index (κ1) is 15.4. The molecule has 0 saturated carbocycles. The first-order valence-corrected chi connectivity index (χ1v) is 6.51. The van der Waals surface area contributed by atoms with Crippen LogP contribution in [0.15, 0.2) is 53.7 Å². The minimum absolute atomic E-state index is 0.594. The lowest BCUT2D eigenvalue weighted by Crippen LogP contribution is -2.10. The Balaban J connectivity index is 1.98. The Labute approximate surface area is 128 Å². The molecule has 0 aliphatic heterocycles. The van der Waals surface area contributed by atoms with Crippen LogP contribution in [0.2, 0.25) is 0 Å². The third-order valence-corrected chi connectivity index (χ3v) is 2.78. The second kappa shape index (κ2) is 7.68. The molecule has 0 aliphatic rings. The summed E-state index contributed by atoms with van der Waals surface area (Å²) in [7, 11) is 3.11. The van der Waals surface area contributed by atoms with E-state index in [1.54, 1.807) is 56.7 Å². The molecular weight excluding hydrogens is 284 g/mol. The molecule has 22 heavy (non-hydrogen) atoms. The molecule has 0 aromatic heterocycles. The molecule has 6 nitrogen and oxygen atoms in total. The van der Waals surface area contributed by atoms with Gasteiger partial charge in [-0.3, -0.25) is 10.2 Å². The monoisotopic (exact) mass is 300 g/mol. The van der Waals surface area contributed by atoms with Crippen LogP contribution in [0.25, 0.3) is 0 Å². The summed E-state index contributed by atoms with van der Waals surface area (Å²) in [5, 5.41) is 6.20. The Morgan fingerprint density at radius 1 is 1.09 bits per heavy atom. The lowest BCUT2D eigenvalue weighted by molar-refractivity contribution is 0.167. The number of methoxy groups -OCH3 is 2. The van der Waals surface area contributed by atoms with Gasteiger partial charge in [0.25, 0.3) is 0 Å². The maximum atomic E-state index is 11.6. The van der Waals surface area contributed by atoms with Gasteiger partial charge in [-0.15, -0.1) is 0 Å². The minimum atomic E-state index is -0.677. The molecule has 0 bridgehead atoms. The Kier molecular flexibility index (Phi) is 5.37. The van der Waals surface area contributed by atoms with E-state index in [1.165, 1.54) is 6.21 Å². The fourth-order valence-electron chi connectivity index (χ4n) is 1.73. The summed E-state index contributed by atoms with van der Waals surface area (Å²) in [5.74, 6) is 1.24. The lowest BCUT2D eigenvalue weighted by atomic mass is 10.2. The molecule has 1 amide bonds. The van der Waals surface area contributed by atoms with Crippen molar-refractivity contribution in [1.82, 2.24) is 0 Å². The fourth-order valence-corrected chi connectivity index (χ4v) is 1.73. The van der Waals surface area contributed by atoms with E-state index in [0.29, 0.717) is 22.7 Å². The molecule has 0 spiro atoms. The van der Waals surface area contributed by atoms with Gasteiger partial charge in [0.2, 0.25) is 0 Å². The lowest BCUT2D eigenvalue weighted by Gasteiger charge is -2.06. The zero-order valence-electron chi connectivity index (χ0n) is 12.3. The number of para-hydroxylation sites is 1. The van der Waals surface area contributed by atoms with Gasteiger partial charge in [0.05, 0.1) is 20.4 Å². The Bertz CT molecular complexity index is 656. The number of benzene rings is 2. The van der Waals surface area contributed by atoms with E-state index in [1.807, 2.05) is 6.07 Å². The van der Waals surface area contributed by atoms with Crippen molar-refractivity contribution in [3.8, 4) is 11.5 Å². The van der Waals surface area contributed by atoms with Crippen LogP contribution in [0.5, 0.6) is 11.5 Å². The maximum Gasteiger partial charge on any atom is 0.437 e. The van der Waals surface area contributed by atoms with Crippen molar-refractivity contribution in [3.05, 3.63) is 54.1 Å². The molecule has 0 radical (unpaired) electrons. The molecule has 0 heterocycles. The van der Waals surface area contributed by atoms with E-state index in [2.05, 4.69) is 10.5 Å². The van der Waals surface area contributed by atoms with Crippen LogP contribution >= 0.6 is 0 Å². The summed E-state index contributed by atoms with van der Waals surface area (Å²) >= 11 is 0. The molecule has 114 valence electrons. The number of nitrogens with one attached hydrogen (secondary N) is 1. The van der Waals surface area contributed by atoms with Crippen molar-refractivity contribution in [1.29, 1.82) is 0 Å². The molecule has 2 aromatic carbocycles. The van der Waals surface area contributed by atoms with E-state index in [-0.39, 0.29) is 0 Å². The standard InChI is InChI=1S/C16H16N2O4/c1-20-14-8-9-15(21-2)12(10-14)11-17-22-16(19)18-13-6-4-3-5-7-13/h3-11H,1-2H3,(H,18,19). The van der Waals surface area contributed by atoms with Crippen LogP contribution in [0.4, 0.5) is 10.5 Å². The van der Waals surface area contributed by atoms with Crippen molar-refractivity contribution < 1.29 is 19.1 Å². The summed E-state index contributed by atoms with van der Waals surface area (Å²) in [6.07, 6.45) is 0.704. The smallest absolute Gasteiger partial charge is 0.437 e. The fraction of sp³-hybridized carbons (Fsp3) is 0.125. The molecule has 6 heteroatoms. The predicted octanol–water partition coefficient (Wildman–Crippen LogP) is 3.29. The van der Waals surface area contributed by atoms with Crippen LogP contribution in [-0.2, 0) is 4.84 Å². The molecule has 2 rings (SSSR count). The van der Waals surface area contributed by atoms with E-state index in [9.17, 15) is 4.79 Å². The number of rotatable bonds is 5. The highest BCUT2D eigenvalue weighted by atomic mass is 16.7. The molecule has 0 saturated heterocycles. The summed E-state index contributed by atoms with van der Waals surface area (Å²) in [5.41, 5.74) is 1.26. The Morgan fingerprint density at radius 2 is 1.86 bits per heavy atom. The Hall–Kier alpha value is -3.02. The van der Waals surface area contributed by atoms with Gasteiger partial charge < -0.3 is 9.47 Å². The number of oxime groups is 1. The second-order valence-corrected chi connectivity index (χ2v) is 4.21. The predicted molar refractivity (Wildman–Crippen MR) is 83.7 cm³/mol. The number of hydrogen-bond acceptors (Lipinski definition) is 5. The van der Waals surface area contributed by atoms with Crippen LogP contribution in [0.1, 0.15) is 5.56 Å². The molecular formula is C16H16N2O4. The average molecular weight is 300 g/mol. The first-order valence-electron chi connectivity index (χ1n) is 6.51. The SMILES string of the molecule is COc1ccc(OC)c(C=NOC(=O)Nc2ccccc2)c1. The van der Waals surface area contributed by atoms with Crippen molar-refractivity contribution >= 4 is 18.0 Å². The topological polar surface area (TPSA) is 69.1 Å². The van der Waals surface area contributed by atoms with Gasteiger partial charge in [-0.25, -0.2) is 4.79 Å². The number of amides is 1.